The Kier molecular flexibility index (Phi) is 4.66. The third kappa shape index (κ3) is 3.50. The van der Waals surface area contributed by atoms with Gasteiger partial charge in [-0.15, -0.1) is 0 Å². The van der Waals surface area contributed by atoms with Gasteiger partial charge in [0.05, 0.1) is 18.8 Å². The molecule has 0 radical (unpaired) electrons. The molecule has 1 aliphatic carbocycles. The molecule has 1 aromatic carbocycles. The minimum absolute atomic E-state index is 0.244. The monoisotopic (exact) mass is 255 g/mol. The lowest BCUT2D eigenvalue weighted by atomic mass is 9.97. The first-order valence-electron chi connectivity index (χ1n) is 6.49. The van der Waals surface area contributed by atoms with Crippen LogP contribution in [0.25, 0.3) is 0 Å². The molecule has 18 heavy (non-hydrogen) atoms. The number of halogens is 2. The van der Waals surface area contributed by atoms with Gasteiger partial charge >= 0.3 is 0 Å². The zero-order valence-corrected chi connectivity index (χ0v) is 10.4. The summed E-state index contributed by atoms with van der Waals surface area (Å²) in [6.07, 6.45) is 5.99. The van der Waals surface area contributed by atoms with Crippen molar-refractivity contribution < 1.29 is 13.5 Å². The Morgan fingerprint density at radius 1 is 1.22 bits per heavy atom. The van der Waals surface area contributed by atoms with Crippen molar-refractivity contribution in [2.45, 2.75) is 44.2 Å². The third-order valence-electron chi connectivity index (χ3n) is 3.43. The van der Waals surface area contributed by atoms with Crippen molar-refractivity contribution in [3.05, 3.63) is 35.4 Å². The van der Waals surface area contributed by atoms with Gasteiger partial charge in [0.2, 0.25) is 0 Å². The average Bonchev–Trinajstić information content (AvgIpc) is 2.37. The number of hydrogen-bond donors (Lipinski definition) is 1. The molecule has 2 N–H and O–H groups in total. The average molecular weight is 255 g/mol. The Balaban J connectivity index is 1.88. The van der Waals surface area contributed by atoms with Gasteiger partial charge < -0.3 is 10.5 Å². The molecule has 0 heterocycles. The molecule has 1 unspecified atom stereocenters. The zero-order chi connectivity index (χ0) is 13.0. The maximum Gasteiger partial charge on any atom is 0.130 e. The number of rotatable bonds is 4. The molecule has 100 valence electrons. The fourth-order valence-electron chi connectivity index (χ4n) is 2.36. The van der Waals surface area contributed by atoms with E-state index in [0.717, 1.165) is 18.9 Å². The van der Waals surface area contributed by atoms with Crippen LogP contribution in [0.3, 0.4) is 0 Å². The molecular weight excluding hydrogens is 236 g/mol. The topological polar surface area (TPSA) is 35.2 Å². The van der Waals surface area contributed by atoms with Crippen molar-refractivity contribution in [2.24, 2.45) is 5.73 Å². The quantitative estimate of drug-likeness (QED) is 0.895. The van der Waals surface area contributed by atoms with Gasteiger partial charge in [-0.25, -0.2) is 8.78 Å². The van der Waals surface area contributed by atoms with Crippen LogP contribution < -0.4 is 5.73 Å². The first-order chi connectivity index (χ1) is 8.66. The fourth-order valence-corrected chi connectivity index (χ4v) is 2.36. The van der Waals surface area contributed by atoms with Gasteiger partial charge in [0.25, 0.3) is 0 Å². The van der Waals surface area contributed by atoms with Crippen LogP contribution in [-0.4, -0.2) is 12.7 Å². The van der Waals surface area contributed by atoms with Gasteiger partial charge in [-0.3, -0.25) is 0 Å². The predicted octanol–water partition coefficient (Wildman–Crippen LogP) is 3.31. The van der Waals surface area contributed by atoms with Gasteiger partial charge in [0, 0.05) is 11.6 Å². The molecule has 2 rings (SSSR count). The van der Waals surface area contributed by atoms with Crippen LogP contribution in [0.15, 0.2) is 18.2 Å². The Bertz CT molecular complexity index is 391. The lowest BCUT2D eigenvalue weighted by Gasteiger charge is -2.24. The molecule has 1 aromatic rings. The highest BCUT2D eigenvalue weighted by molar-refractivity contribution is 5.21. The zero-order valence-electron chi connectivity index (χ0n) is 10.4. The highest BCUT2D eigenvalue weighted by atomic mass is 19.1. The molecule has 1 aliphatic rings. The fraction of sp³-hybridized carbons (Fsp3) is 0.571. The first kappa shape index (κ1) is 13.4. The minimum Gasteiger partial charge on any atom is -0.376 e. The summed E-state index contributed by atoms with van der Waals surface area (Å²) in [7, 11) is 0. The number of nitrogens with two attached hydrogens (primary N) is 1. The predicted molar refractivity (Wildman–Crippen MR) is 66.1 cm³/mol. The van der Waals surface area contributed by atoms with E-state index in [9.17, 15) is 8.78 Å². The molecular formula is C14H19F2NO. The highest BCUT2D eigenvalue weighted by Crippen LogP contribution is 2.22. The van der Waals surface area contributed by atoms with Crippen molar-refractivity contribution in [1.29, 1.82) is 0 Å². The number of ether oxygens (including phenoxy) is 1. The van der Waals surface area contributed by atoms with Crippen LogP contribution >= 0.6 is 0 Å². The largest absolute Gasteiger partial charge is 0.376 e. The maximum absolute atomic E-state index is 13.5. The summed E-state index contributed by atoms with van der Waals surface area (Å²) >= 11 is 0. The normalized spacial score (nSPS) is 18.8. The molecule has 0 aromatic heterocycles. The maximum atomic E-state index is 13.5. The van der Waals surface area contributed by atoms with E-state index in [2.05, 4.69) is 0 Å². The van der Waals surface area contributed by atoms with E-state index in [1.807, 2.05) is 0 Å². The molecule has 1 saturated carbocycles. The SMILES string of the molecule is NC(COC1CCCCC1)c1ccc(F)cc1F. The van der Waals surface area contributed by atoms with Gasteiger partial charge in [0.15, 0.2) is 0 Å². The second-order valence-corrected chi connectivity index (χ2v) is 4.87. The van der Waals surface area contributed by atoms with Gasteiger partial charge in [0.1, 0.15) is 11.6 Å². The summed E-state index contributed by atoms with van der Waals surface area (Å²) in [5.41, 5.74) is 6.19. The van der Waals surface area contributed by atoms with Gasteiger partial charge in [-0.1, -0.05) is 25.3 Å². The van der Waals surface area contributed by atoms with Crippen LogP contribution in [0.2, 0.25) is 0 Å². The van der Waals surface area contributed by atoms with Crippen LogP contribution in [0.5, 0.6) is 0 Å². The van der Waals surface area contributed by atoms with Gasteiger partial charge in [-0.2, -0.15) is 0 Å². The van der Waals surface area contributed by atoms with E-state index in [1.165, 1.54) is 31.4 Å². The lowest BCUT2D eigenvalue weighted by molar-refractivity contribution is 0.0202. The van der Waals surface area contributed by atoms with Crippen LogP contribution in [0.1, 0.15) is 43.7 Å². The molecule has 2 nitrogen and oxygen atoms in total. The van der Waals surface area contributed by atoms with Gasteiger partial charge in [-0.05, 0) is 18.9 Å². The molecule has 0 amide bonds. The summed E-state index contributed by atoms with van der Waals surface area (Å²) in [5.74, 6) is -1.19. The van der Waals surface area contributed by atoms with E-state index in [4.69, 9.17) is 10.5 Å². The molecule has 0 bridgehead atoms. The van der Waals surface area contributed by atoms with Crippen LogP contribution in [0.4, 0.5) is 8.78 Å². The Labute approximate surface area is 106 Å². The number of hydrogen-bond acceptors (Lipinski definition) is 2. The summed E-state index contributed by atoms with van der Waals surface area (Å²) in [4.78, 5) is 0. The van der Waals surface area contributed by atoms with E-state index in [1.54, 1.807) is 0 Å². The Morgan fingerprint density at radius 2 is 1.94 bits per heavy atom. The van der Waals surface area contributed by atoms with E-state index in [-0.39, 0.29) is 12.7 Å². The van der Waals surface area contributed by atoms with E-state index < -0.39 is 17.7 Å². The number of benzene rings is 1. The first-order valence-corrected chi connectivity index (χ1v) is 6.49. The molecule has 0 spiro atoms. The van der Waals surface area contributed by atoms with Crippen LogP contribution in [0, 0.1) is 11.6 Å². The standard InChI is InChI=1S/C14H19F2NO/c15-10-6-7-12(13(16)8-10)14(17)9-18-11-4-2-1-3-5-11/h6-8,11,14H,1-5,9,17H2. The lowest BCUT2D eigenvalue weighted by Crippen LogP contribution is -2.24. The Morgan fingerprint density at radius 3 is 2.61 bits per heavy atom. The van der Waals surface area contributed by atoms with Crippen molar-refractivity contribution >= 4 is 0 Å². The molecule has 4 heteroatoms. The van der Waals surface area contributed by atoms with E-state index in [0.29, 0.717) is 5.56 Å². The minimum atomic E-state index is -0.602. The summed E-state index contributed by atoms with van der Waals surface area (Å²) in [6.45, 7) is 0.285. The van der Waals surface area contributed by atoms with Crippen molar-refractivity contribution in [3.8, 4) is 0 Å². The van der Waals surface area contributed by atoms with Crippen LogP contribution in [-0.2, 0) is 4.74 Å². The third-order valence-corrected chi connectivity index (χ3v) is 3.43. The van der Waals surface area contributed by atoms with Crippen molar-refractivity contribution in [3.63, 3.8) is 0 Å². The Hall–Kier alpha value is -1.00. The summed E-state index contributed by atoms with van der Waals surface area (Å²) < 4.78 is 32.0. The highest BCUT2D eigenvalue weighted by Gasteiger charge is 2.17. The molecule has 1 fully saturated rings. The summed E-state index contributed by atoms with van der Waals surface area (Å²) in [6, 6.07) is 2.93. The van der Waals surface area contributed by atoms with Crippen molar-refractivity contribution in [1.82, 2.24) is 0 Å². The van der Waals surface area contributed by atoms with E-state index >= 15 is 0 Å². The second-order valence-electron chi connectivity index (χ2n) is 4.87. The second kappa shape index (κ2) is 6.25. The van der Waals surface area contributed by atoms with Crippen molar-refractivity contribution in [2.75, 3.05) is 6.61 Å². The molecule has 1 atom stereocenters. The summed E-state index contributed by atoms with van der Waals surface area (Å²) in [5, 5.41) is 0. The molecule has 0 aliphatic heterocycles. The smallest absolute Gasteiger partial charge is 0.130 e. The molecule has 0 saturated heterocycles.